The van der Waals surface area contributed by atoms with Gasteiger partial charge in [-0.1, -0.05) is 74.2 Å². The summed E-state index contributed by atoms with van der Waals surface area (Å²) >= 11 is 5.33. The van der Waals surface area contributed by atoms with Crippen molar-refractivity contribution in [3.63, 3.8) is 0 Å². The molecule has 1 unspecified atom stereocenters. The van der Waals surface area contributed by atoms with E-state index in [2.05, 4.69) is 48.1 Å². The molecule has 1 N–H and O–H groups in total. The number of hydrogen-bond acceptors (Lipinski definition) is 3. The lowest BCUT2D eigenvalue weighted by Crippen LogP contribution is -2.21. The smallest absolute Gasteiger partial charge is 0.361 e. The van der Waals surface area contributed by atoms with E-state index in [1.54, 1.807) is 0 Å². The van der Waals surface area contributed by atoms with E-state index >= 15 is 0 Å². The number of carboxylic acids is 1. The fourth-order valence-corrected chi connectivity index (χ4v) is 2.21. The lowest BCUT2D eigenvalue weighted by atomic mass is 10.1. The summed E-state index contributed by atoms with van der Waals surface area (Å²) < 4.78 is 4.54. The Morgan fingerprint density at radius 3 is 2.12 bits per heavy atom. The fourth-order valence-electron chi connectivity index (χ4n) is 2.11. The Kier molecular flexibility index (Phi) is 16.2. The summed E-state index contributed by atoms with van der Waals surface area (Å²) in [4.78, 5) is 21.7. The zero-order valence-corrected chi connectivity index (χ0v) is 15.9. The standard InChI is InChI=1S/C20H31ClO4/c1-2-3-4-5-6-7-8-9-10-11-12-13-14-15-16-17-18(22)25-19(21)20(23)24/h3-4,6-7,9-10,19H,2,5,8,11-17H2,1H3,(H,23,24)/b4-3-,7-6-,10-9-. The van der Waals surface area contributed by atoms with E-state index in [1.165, 1.54) is 0 Å². The molecule has 0 aromatic carbocycles. The fraction of sp³-hybridized carbons (Fsp3) is 0.600. The zero-order chi connectivity index (χ0) is 18.8. The van der Waals surface area contributed by atoms with Crippen LogP contribution in [0.2, 0.25) is 0 Å². The third-order valence-electron chi connectivity index (χ3n) is 3.46. The molecular formula is C20H31ClO4. The molecule has 0 spiro atoms. The number of carbonyl (C=O) groups excluding carboxylic acids is 1. The van der Waals surface area contributed by atoms with Crippen LogP contribution in [0.1, 0.15) is 71.1 Å². The lowest BCUT2D eigenvalue weighted by Gasteiger charge is -2.06. The van der Waals surface area contributed by atoms with E-state index in [4.69, 9.17) is 16.7 Å². The average Bonchev–Trinajstić information content (AvgIpc) is 2.58. The highest BCUT2D eigenvalue weighted by Gasteiger charge is 2.17. The summed E-state index contributed by atoms with van der Waals surface area (Å²) in [5.41, 5.74) is -1.58. The van der Waals surface area contributed by atoms with Gasteiger partial charge in [0.2, 0.25) is 0 Å². The summed E-state index contributed by atoms with van der Waals surface area (Å²) in [6, 6.07) is 0. The summed E-state index contributed by atoms with van der Waals surface area (Å²) in [5.74, 6) is -1.89. The molecule has 1 atom stereocenters. The van der Waals surface area contributed by atoms with E-state index in [0.29, 0.717) is 6.42 Å². The van der Waals surface area contributed by atoms with Gasteiger partial charge in [-0.25, -0.2) is 4.79 Å². The predicted octanol–water partition coefficient (Wildman–Crippen LogP) is 5.77. The van der Waals surface area contributed by atoms with E-state index < -0.39 is 17.5 Å². The lowest BCUT2D eigenvalue weighted by molar-refractivity contribution is -0.158. The minimum Gasteiger partial charge on any atom is -0.478 e. The van der Waals surface area contributed by atoms with Gasteiger partial charge in [0.25, 0.3) is 5.56 Å². The molecule has 0 saturated carbocycles. The second kappa shape index (κ2) is 17.3. The second-order valence-corrected chi connectivity index (χ2v) is 6.14. The van der Waals surface area contributed by atoms with Crippen molar-refractivity contribution in [2.75, 3.05) is 0 Å². The van der Waals surface area contributed by atoms with E-state index in [1.807, 2.05) is 0 Å². The summed E-state index contributed by atoms with van der Waals surface area (Å²) in [6.07, 6.45) is 22.5. The topological polar surface area (TPSA) is 63.6 Å². The first-order valence-corrected chi connectivity index (χ1v) is 9.53. The molecule has 0 saturated heterocycles. The predicted molar refractivity (Wildman–Crippen MR) is 103 cm³/mol. The molecule has 0 bridgehead atoms. The quantitative estimate of drug-likeness (QED) is 0.172. The number of allylic oxidation sites excluding steroid dienone is 6. The van der Waals surface area contributed by atoms with E-state index in [-0.39, 0.29) is 6.42 Å². The van der Waals surface area contributed by atoms with Crippen molar-refractivity contribution in [2.45, 2.75) is 76.7 Å². The first kappa shape index (κ1) is 23.4. The third-order valence-corrected chi connectivity index (χ3v) is 3.74. The van der Waals surface area contributed by atoms with Gasteiger partial charge in [-0.15, -0.1) is 0 Å². The monoisotopic (exact) mass is 370 g/mol. The van der Waals surface area contributed by atoms with Crippen molar-refractivity contribution in [2.24, 2.45) is 0 Å². The van der Waals surface area contributed by atoms with Gasteiger partial charge in [-0.2, -0.15) is 0 Å². The second-order valence-electron chi connectivity index (χ2n) is 5.74. The van der Waals surface area contributed by atoms with Crippen LogP contribution in [0, 0.1) is 0 Å². The van der Waals surface area contributed by atoms with Gasteiger partial charge in [0.1, 0.15) is 0 Å². The maximum atomic E-state index is 11.3. The first-order valence-electron chi connectivity index (χ1n) is 9.09. The average molecular weight is 371 g/mol. The molecule has 0 heterocycles. The molecule has 0 aromatic rings. The van der Waals surface area contributed by atoms with E-state index in [9.17, 15) is 9.59 Å². The van der Waals surface area contributed by atoms with E-state index in [0.717, 1.165) is 51.4 Å². The molecule has 0 aromatic heterocycles. The van der Waals surface area contributed by atoms with Crippen LogP contribution in [0.5, 0.6) is 0 Å². The molecule has 142 valence electrons. The summed E-state index contributed by atoms with van der Waals surface area (Å²) in [7, 11) is 0. The van der Waals surface area contributed by atoms with Crippen molar-refractivity contribution in [3.8, 4) is 0 Å². The van der Waals surface area contributed by atoms with Gasteiger partial charge in [0.05, 0.1) is 0 Å². The van der Waals surface area contributed by atoms with Crippen LogP contribution in [0.25, 0.3) is 0 Å². The van der Waals surface area contributed by atoms with Gasteiger partial charge in [0.15, 0.2) is 0 Å². The van der Waals surface area contributed by atoms with Crippen LogP contribution < -0.4 is 0 Å². The van der Waals surface area contributed by atoms with Crippen LogP contribution in [-0.2, 0) is 14.3 Å². The number of alkyl halides is 1. The van der Waals surface area contributed by atoms with Crippen molar-refractivity contribution < 1.29 is 19.4 Å². The third kappa shape index (κ3) is 17.1. The van der Waals surface area contributed by atoms with Crippen molar-refractivity contribution in [3.05, 3.63) is 36.5 Å². The number of esters is 1. The Hall–Kier alpha value is -1.55. The number of hydrogen-bond donors (Lipinski definition) is 1. The molecule has 5 heteroatoms. The molecule has 0 radical (unpaired) electrons. The van der Waals surface area contributed by atoms with Gasteiger partial charge in [-0.05, 0) is 38.5 Å². The van der Waals surface area contributed by atoms with Gasteiger partial charge < -0.3 is 9.84 Å². The number of ether oxygens (including phenoxy) is 1. The Morgan fingerprint density at radius 1 is 0.920 bits per heavy atom. The molecule has 0 aliphatic heterocycles. The highest BCUT2D eigenvalue weighted by atomic mass is 35.5. The Bertz CT molecular complexity index is 441. The SMILES string of the molecule is CC/C=C\C/C=C\C/C=C\CCCCCCCC(=O)OC(Cl)C(=O)O. The van der Waals surface area contributed by atoms with Crippen LogP contribution in [-0.4, -0.2) is 22.6 Å². The number of carbonyl (C=O) groups is 2. The molecule has 0 rings (SSSR count). The Balaban J connectivity index is 3.41. The van der Waals surface area contributed by atoms with Crippen molar-refractivity contribution in [1.29, 1.82) is 0 Å². The maximum Gasteiger partial charge on any atom is 0.361 e. The molecule has 0 fully saturated rings. The van der Waals surface area contributed by atoms with Gasteiger partial charge in [0, 0.05) is 6.42 Å². The van der Waals surface area contributed by atoms with Gasteiger partial charge in [-0.3, -0.25) is 4.79 Å². The van der Waals surface area contributed by atoms with Crippen LogP contribution in [0.4, 0.5) is 0 Å². The first-order chi connectivity index (χ1) is 12.1. The maximum absolute atomic E-state index is 11.3. The van der Waals surface area contributed by atoms with Crippen LogP contribution >= 0.6 is 11.6 Å². The van der Waals surface area contributed by atoms with Crippen molar-refractivity contribution >= 4 is 23.5 Å². The Morgan fingerprint density at radius 2 is 1.48 bits per heavy atom. The Labute approximate surface area is 156 Å². The molecule has 0 aliphatic carbocycles. The van der Waals surface area contributed by atoms with Gasteiger partial charge >= 0.3 is 11.9 Å². The largest absolute Gasteiger partial charge is 0.478 e. The highest BCUT2D eigenvalue weighted by Crippen LogP contribution is 2.10. The minimum atomic E-state index is -1.58. The summed E-state index contributed by atoms with van der Waals surface area (Å²) in [5, 5.41) is 8.51. The number of rotatable bonds is 15. The minimum absolute atomic E-state index is 0.218. The molecule has 4 nitrogen and oxygen atoms in total. The molecule has 25 heavy (non-hydrogen) atoms. The number of carboxylic acid groups (broad SMARTS) is 1. The van der Waals surface area contributed by atoms with Crippen LogP contribution in [0.3, 0.4) is 0 Å². The van der Waals surface area contributed by atoms with Crippen molar-refractivity contribution in [1.82, 2.24) is 0 Å². The van der Waals surface area contributed by atoms with Crippen LogP contribution in [0.15, 0.2) is 36.5 Å². The molecule has 0 amide bonds. The number of aliphatic carboxylic acids is 1. The highest BCUT2D eigenvalue weighted by molar-refractivity contribution is 6.29. The summed E-state index contributed by atoms with van der Waals surface area (Å²) in [6.45, 7) is 2.13. The molecule has 0 aliphatic rings. The normalized spacial score (nSPS) is 13.0. The number of halogens is 1. The molecular weight excluding hydrogens is 340 g/mol. The zero-order valence-electron chi connectivity index (χ0n) is 15.2. The number of unbranched alkanes of at least 4 members (excludes halogenated alkanes) is 5.